The van der Waals surface area contributed by atoms with Gasteiger partial charge in [0, 0.05) is 13.1 Å². The first-order valence-electron chi connectivity index (χ1n) is 5.95. The maximum atomic E-state index is 11.8. The molecule has 1 aliphatic rings. The number of rotatable bonds is 5. The van der Waals surface area contributed by atoms with Crippen molar-refractivity contribution in [3.8, 4) is 0 Å². The van der Waals surface area contributed by atoms with Gasteiger partial charge < -0.3 is 5.11 Å². The third-order valence-electron chi connectivity index (χ3n) is 3.46. The molecule has 4 nitrogen and oxygen atoms in total. The van der Waals surface area contributed by atoms with Gasteiger partial charge in [-0.15, -0.1) is 13.2 Å². The molecule has 0 radical (unpaired) electrons. The molecule has 1 fully saturated rings. The zero-order valence-electron chi connectivity index (χ0n) is 10.3. The van der Waals surface area contributed by atoms with Crippen LogP contribution in [0.2, 0.25) is 0 Å². The maximum Gasteiger partial charge on any atom is 0.522 e. The molecule has 7 heteroatoms. The Kier molecular flexibility index (Phi) is 4.98. The molecule has 0 aliphatic carbocycles. The molecule has 0 aromatic heterocycles. The highest BCUT2D eigenvalue weighted by Crippen LogP contribution is 2.33. The average Bonchev–Trinajstić information content (AvgIpc) is 2.27. The normalized spacial score (nSPS) is 26.2. The number of carboxylic acids is 1. The minimum absolute atomic E-state index is 0.106. The lowest BCUT2D eigenvalue weighted by Crippen LogP contribution is -2.48. The van der Waals surface area contributed by atoms with Gasteiger partial charge in [0.2, 0.25) is 0 Å². The average molecular weight is 269 g/mol. The second kappa shape index (κ2) is 5.88. The van der Waals surface area contributed by atoms with E-state index >= 15 is 0 Å². The van der Waals surface area contributed by atoms with Crippen LogP contribution < -0.4 is 0 Å². The second-order valence-electron chi connectivity index (χ2n) is 4.61. The summed E-state index contributed by atoms with van der Waals surface area (Å²) in [5.74, 6) is -0.869. The predicted molar refractivity (Wildman–Crippen MR) is 58.0 cm³/mol. The van der Waals surface area contributed by atoms with Crippen molar-refractivity contribution in [1.29, 1.82) is 0 Å². The number of alkyl halides is 3. The first kappa shape index (κ1) is 15.2. The van der Waals surface area contributed by atoms with Gasteiger partial charge in [-0.05, 0) is 25.8 Å². The summed E-state index contributed by atoms with van der Waals surface area (Å²) in [5, 5.41) is 9.22. The predicted octanol–water partition coefficient (Wildman–Crippen LogP) is 2.10. The maximum absolute atomic E-state index is 11.8. The van der Waals surface area contributed by atoms with E-state index in [0.29, 0.717) is 32.4 Å². The van der Waals surface area contributed by atoms with Gasteiger partial charge in [0.05, 0.1) is 12.0 Å². The molecule has 1 N–H and O–H groups in total. The zero-order chi connectivity index (χ0) is 13.8. The quantitative estimate of drug-likeness (QED) is 0.830. The van der Waals surface area contributed by atoms with Crippen LogP contribution in [-0.2, 0) is 9.53 Å². The van der Waals surface area contributed by atoms with E-state index in [9.17, 15) is 23.1 Å². The van der Waals surface area contributed by atoms with Crippen LogP contribution >= 0.6 is 0 Å². The smallest absolute Gasteiger partial charge is 0.481 e. The Bertz CT molecular complexity index is 296. The van der Waals surface area contributed by atoms with Gasteiger partial charge >= 0.3 is 12.3 Å². The van der Waals surface area contributed by atoms with Crippen molar-refractivity contribution >= 4 is 5.97 Å². The molecule has 0 bridgehead atoms. The number of hydrogen-bond donors (Lipinski definition) is 1. The highest BCUT2D eigenvalue weighted by molar-refractivity contribution is 5.75. The van der Waals surface area contributed by atoms with E-state index in [1.807, 2.05) is 0 Å². The molecule has 1 rings (SSSR count). The first-order valence-corrected chi connectivity index (χ1v) is 5.95. The molecular formula is C11H18F3NO3. The van der Waals surface area contributed by atoms with Gasteiger partial charge in [-0.2, -0.15) is 0 Å². The second-order valence-corrected chi connectivity index (χ2v) is 4.61. The number of halogens is 3. The number of ether oxygens (including phenoxy) is 1. The number of piperidine rings is 1. The molecule has 18 heavy (non-hydrogen) atoms. The lowest BCUT2D eigenvalue weighted by Gasteiger charge is -2.39. The number of likely N-dealkylation sites (tertiary alicyclic amines) is 1. The van der Waals surface area contributed by atoms with Crippen LogP contribution in [0.4, 0.5) is 13.2 Å². The summed E-state index contributed by atoms with van der Waals surface area (Å²) in [6.45, 7) is 2.36. The van der Waals surface area contributed by atoms with Crippen LogP contribution in [0.15, 0.2) is 0 Å². The monoisotopic (exact) mass is 269 g/mol. The fraction of sp³-hybridized carbons (Fsp3) is 0.909. The van der Waals surface area contributed by atoms with Gasteiger partial charge in [0.15, 0.2) is 0 Å². The number of carbonyl (C=O) groups is 1. The molecule has 1 atom stereocenters. The van der Waals surface area contributed by atoms with Crippen LogP contribution in [0.25, 0.3) is 0 Å². The summed E-state index contributed by atoms with van der Waals surface area (Å²) in [7, 11) is 0. The summed E-state index contributed by atoms with van der Waals surface area (Å²) in [6.07, 6.45) is -2.87. The molecule has 1 unspecified atom stereocenters. The van der Waals surface area contributed by atoms with E-state index < -0.39 is 24.4 Å². The van der Waals surface area contributed by atoms with Crippen molar-refractivity contribution in [2.24, 2.45) is 5.41 Å². The summed E-state index contributed by atoms with van der Waals surface area (Å²) in [6, 6.07) is 0. The van der Waals surface area contributed by atoms with E-state index in [4.69, 9.17) is 0 Å². The van der Waals surface area contributed by atoms with Gasteiger partial charge in [-0.3, -0.25) is 14.4 Å². The molecule has 0 aromatic carbocycles. The minimum atomic E-state index is -4.62. The minimum Gasteiger partial charge on any atom is -0.481 e. The largest absolute Gasteiger partial charge is 0.522 e. The van der Waals surface area contributed by atoms with Gasteiger partial charge in [-0.1, -0.05) is 6.92 Å². The molecule has 1 heterocycles. The Labute approximate surface area is 104 Å². The standard InChI is InChI=1S/C11H18F3NO3/c1-2-10(9(16)17)4-3-5-15(8-10)6-7-18-11(12,13)14/h2-8H2,1H3,(H,16,17). The third kappa shape index (κ3) is 4.13. The van der Waals surface area contributed by atoms with Crippen LogP contribution in [0.1, 0.15) is 26.2 Å². The van der Waals surface area contributed by atoms with Crippen LogP contribution in [0.5, 0.6) is 0 Å². The Hall–Kier alpha value is -0.820. The Morgan fingerprint density at radius 2 is 2.17 bits per heavy atom. The lowest BCUT2D eigenvalue weighted by atomic mass is 9.78. The lowest BCUT2D eigenvalue weighted by molar-refractivity contribution is -0.325. The Balaban J connectivity index is 2.46. The van der Waals surface area contributed by atoms with Crippen molar-refractivity contribution in [2.45, 2.75) is 32.5 Å². The van der Waals surface area contributed by atoms with Crippen molar-refractivity contribution < 1.29 is 27.8 Å². The Morgan fingerprint density at radius 1 is 1.50 bits per heavy atom. The SMILES string of the molecule is CCC1(C(=O)O)CCCN(CCOC(F)(F)F)C1. The number of aliphatic carboxylic acids is 1. The summed E-state index contributed by atoms with van der Waals surface area (Å²) in [5.41, 5.74) is -0.823. The first-order chi connectivity index (χ1) is 8.29. The highest BCUT2D eigenvalue weighted by Gasteiger charge is 2.40. The molecule has 1 saturated heterocycles. The summed E-state index contributed by atoms with van der Waals surface area (Å²) in [4.78, 5) is 13.0. The molecule has 0 amide bonds. The van der Waals surface area contributed by atoms with Crippen molar-refractivity contribution in [3.63, 3.8) is 0 Å². The van der Waals surface area contributed by atoms with E-state index in [2.05, 4.69) is 4.74 Å². The fourth-order valence-corrected chi connectivity index (χ4v) is 2.32. The van der Waals surface area contributed by atoms with Crippen LogP contribution in [0, 0.1) is 5.41 Å². The van der Waals surface area contributed by atoms with E-state index in [-0.39, 0.29) is 6.54 Å². The molecule has 0 spiro atoms. The molecule has 0 aromatic rings. The zero-order valence-corrected chi connectivity index (χ0v) is 10.3. The van der Waals surface area contributed by atoms with Gasteiger partial charge in [0.25, 0.3) is 0 Å². The topological polar surface area (TPSA) is 49.8 Å². The van der Waals surface area contributed by atoms with Gasteiger partial charge in [-0.25, -0.2) is 0 Å². The van der Waals surface area contributed by atoms with Crippen molar-refractivity contribution in [2.75, 3.05) is 26.2 Å². The van der Waals surface area contributed by atoms with Crippen molar-refractivity contribution in [3.05, 3.63) is 0 Å². The van der Waals surface area contributed by atoms with Crippen molar-refractivity contribution in [1.82, 2.24) is 4.90 Å². The number of carboxylic acid groups (broad SMARTS) is 1. The van der Waals surface area contributed by atoms with E-state index in [1.54, 1.807) is 11.8 Å². The van der Waals surface area contributed by atoms with Crippen LogP contribution in [0.3, 0.4) is 0 Å². The highest BCUT2D eigenvalue weighted by atomic mass is 19.4. The molecule has 0 saturated carbocycles. The van der Waals surface area contributed by atoms with E-state index in [0.717, 1.165) is 0 Å². The van der Waals surface area contributed by atoms with E-state index in [1.165, 1.54) is 0 Å². The number of nitrogens with zero attached hydrogens (tertiary/aromatic N) is 1. The fourth-order valence-electron chi connectivity index (χ4n) is 2.32. The Morgan fingerprint density at radius 3 is 2.67 bits per heavy atom. The molecule has 106 valence electrons. The third-order valence-corrected chi connectivity index (χ3v) is 3.46. The summed E-state index contributed by atoms with van der Waals surface area (Å²) >= 11 is 0. The molecular weight excluding hydrogens is 251 g/mol. The number of hydrogen-bond acceptors (Lipinski definition) is 3. The van der Waals surface area contributed by atoms with Crippen LogP contribution in [-0.4, -0.2) is 48.6 Å². The molecule has 1 aliphatic heterocycles. The summed E-state index contributed by atoms with van der Waals surface area (Å²) < 4.78 is 39.2. The van der Waals surface area contributed by atoms with Gasteiger partial charge in [0.1, 0.15) is 0 Å².